The summed E-state index contributed by atoms with van der Waals surface area (Å²) in [5.74, 6) is 1.29. The van der Waals surface area contributed by atoms with Crippen molar-refractivity contribution < 1.29 is 28.6 Å². The van der Waals surface area contributed by atoms with E-state index in [9.17, 15) is 19.1 Å². The van der Waals surface area contributed by atoms with Crippen molar-refractivity contribution in [3.63, 3.8) is 0 Å². The number of esters is 1. The van der Waals surface area contributed by atoms with Crippen LogP contribution in [0.15, 0.2) is 4.99 Å². The molecular weight excluding hydrogens is 553 g/mol. The molecule has 2 aliphatic heterocycles. The lowest BCUT2D eigenvalue weighted by molar-refractivity contribution is -0.157. The number of nitrogens with zero attached hydrogens (tertiary/aromatic N) is 3. The van der Waals surface area contributed by atoms with E-state index >= 15 is 0 Å². The van der Waals surface area contributed by atoms with Crippen LogP contribution in [-0.2, 0) is 25.5 Å². The molecule has 0 bridgehead atoms. The van der Waals surface area contributed by atoms with Gasteiger partial charge < -0.3 is 25.6 Å². The minimum absolute atomic E-state index is 0.0447. The van der Waals surface area contributed by atoms with Crippen molar-refractivity contribution in [1.82, 2.24) is 15.3 Å². The molecule has 1 amide bonds. The molecule has 1 unspecified atom stereocenters. The molecule has 3 rings (SSSR count). The van der Waals surface area contributed by atoms with E-state index in [-0.39, 0.29) is 30.7 Å². The monoisotopic (exact) mass is 601 g/mol. The molecular formula is C32H48FN5O5. The van der Waals surface area contributed by atoms with Gasteiger partial charge in [-0.3, -0.25) is 9.79 Å². The first-order valence-electron chi connectivity index (χ1n) is 15.8. The van der Waals surface area contributed by atoms with Crippen LogP contribution in [-0.4, -0.2) is 63.6 Å². The minimum atomic E-state index is -1.54. The van der Waals surface area contributed by atoms with Crippen LogP contribution in [0.3, 0.4) is 0 Å². The summed E-state index contributed by atoms with van der Waals surface area (Å²) < 4.78 is 25.1. The largest absolute Gasteiger partial charge is 0.460 e. The van der Waals surface area contributed by atoms with E-state index in [2.05, 4.69) is 33.1 Å². The van der Waals surface area contributed by atoms with Gasteiger partial charge in [0.1, 0.15) is 24.4 Å². The molecule has 0 radical (unpaired) electrons. The molecule has 5 atom stereocenters. The van der Waals surface area contributed by atoms with Crippen LogP contribution in [0.25, 0.3) is 0 Å². The summed E-state index contributed by atoms with van der Waals surface area (Å²) in [7, 11) is 0. The fourth-order valence-corrected chi connectivity index (χ4v) is 5.63. The fraction of sp³-hybridized carbons (Fsp3) is 0.719. The number of terminal acetylenes is 1. The van der Waals surface area contributed by atoms with Crippen LogP contribution in [0.2, 0.25) is 0 Å². The standard InChI is InChI=1S/C32H48FN5O5/c1-4-6-7-8-9-10-11-12-13-14-15-16-27(40)36-22(3)30(41)42-21-32(5-2)26(39)19-25(43-32)23-17-18-24-28(35-20-23)29(34)38-31(33)37-24/h2,20,22-23,25-26,39H,4,6-19,21H2,1,3H3,(H,36,40)(H2,34,37,38)/t22-,23?,25+,26-,32+/m0/s1. The lowest BCUT2D eigenvalue weighted by atomic mass is 9.92. The number of aliphatic hydroxyl groups is 1. The van der Waals surface area contributed by atoms with Gasteiger partial charge in [0, 0.05) is 25.0 Å². The number of halogens is 1. The van der Waals surface area contributed by atoms with Crippen molar-refractivity contribution in [2.45, 2.75) is 134 Å². The predicted octanol–water partition coefficient (Wildman–Crippen LogP) is 4.73. The van der Waals surface area contributed by atoms with Crippen LogP contribution in [0.5, 0.6) is 0 Å². The number of aryl methyl sites for hydroxylation is 1. The first-order chi connectivity index (χ1) is 20.7. The van der Waals surface area contributed by atoms with Crippen LogP contribution >= 0.6 is 0 Å². The number of ether oxygens (including phenoxy) is 2. The Labute approximate surface area is 254 Å². The van der Waals surface area contributed by atoms with Gasteiger partial charge in [0.05, 0.1) is 11.8 Å². The molecule has 10 nitrogen and oxygen atoms in total. The Kier molecular flexibility index (Phi) is 13.8. The first kappa shape index (κ1) is 34.4. The van der Waals surface area contributed by atoms with E-state index < -0.39 is 35.9 Å². The van der Waals surface area contributed by atoms with Gasteiger partial charge in [0.2, 0.25) is 5.91 Å². The van der Waals surface area contributed by atoms with Crippen LogP contribution in [0.4, 0.5) is 15.9 Å². The molecule has 1 aromatic heterocycles. The number of fused-ring (bicyclic) bond motifs is 1. The van der Waals surface area contributed by atoms with Crippen LogP contribution in [0, 0.1) is 24.3 Å². The van der Waals surface area contributed by atoms with Crippen molar-refractivity contribution in [2.24, 2.45) is 10.9 Å². The van der Waals surface area contributed by atoms with E-state index in [0.717, 1.165) is 19.3 Å². The Morgan fingerprint density at radius 2 is 1.84 bits per heavy atom. The number of nitrogen functional groups attached to an aromatic ring is 1. The number of aliphatic imine (C=N–C) groups is 1. The molecule has 0 aliphatic carbocycles. The van der Waals surface area contributed by atoms with Gasteiger partial charge in [0.25, 0.3) is 0 Å². The van der Waals surface area contributed by atoms with E-state index in [4.69, 9.17) is 21.6 Å². The van der Waals surface area contributed by atoms with Crippen molar-refractivity contribution in [3.05, 3.63) is 11.8 Å². The third kappa shape index (κ3) is 10.2. The van der Waals surface area contributed by atoms with E-state index in [1.54, 1.807) is 13.1 Å². The third-order valence-corrected chi connectivity index (χ3v) is 8.31. The van der Waals surface area contributed by atoms with Crippen LogP contribution < -0.4 is 11.1 Å². The summed E-state index contributed by atoms with van der Waals surface area (Å²) >= 11 is 0. The maximum Gasteiger partial charge on any atom is 0.328 e. The van der Waals surface area contributed by atoms with Crippen molar-refractivity contribution in [2.75, 3.05) is 12.3 Å². The summed E-state index contributed by atoms with van der Waals surface area (Å²) in [5.41, 5.74) is 4.98. The summed E-state index contributed by atoms with van der Waals surface area (Å²) in [4.78, 5) is 36.7. The second-order valence-corrected chi connectivity index (χ2v) is 11.8. The maximum absolute atomic E-state index is 13.6. The fourth-order valence-electron chi connectivity index (χ4n) is 5.63. The normalized spacial score (nSPS) is 23.7. The summed E-state index contributed by atoms with van der Waals surface area (Å²) in [6.07, 6.45) is 19.4. The van der Waals surface area contributed by atoms with Crippen molar-refractivity contribution in [1.29, 1.82) is 0 Å². The van der Waals surface area contributed by atoms with Gasteiger partial charge >= 0.3 is 12.0 Å². The number of carbonyl (C=O) groups excluding carboxylic acids is 2. The number of aliphatic hydroxyl groups excluding tert-OH is 1. The average molecular weight is 602 g/mol. The number of anilines is 1. The van der Waals surface area contributed by atoms with Gasteiger partial charge in [-0.2, -0.15) is 9.37 Å². The molecule has 4 N–H and O–H groups in total. The van der Waals surface area contributed by atoms with Crippen molar-refractivity contribution in [3.8, 4) is 12.3 Å². The molecule has 43 heavy (non-hydrogen) atoms. The molecule has 11 heteroatoms. The summed E-state index contributed by atoms with van der Waals surface area (Å²) in [6.45, 7) is 3.41. The molecule has 0 aromatic carbocycles. The van der Waals surface area contributed by atoms with Crippen molar-refractivity contribution >= 4 is 29.6 Å². The van der Waals surface area contributed by atoms with Gasteiger partial charge in [-0.1, -0.05) is 77.1 Å². The Balaban J connectivity index is 1.37. The quantitative estimate of drug-likeness (QED) is 0.100. The number of nitrogens with two attached hydrogens (primary N) is 1. The number of rotatable bonds is 17. The average Bonchev–Trinajstić information content (AvgIpc) is 3.15. The molecule has 1 fully saturated rings. The molecule has 2 aliphatic rings. The zero-order valence-electron chi connectivity index (χ0n) is 25.7. The van der Waals surface area contributed by atoms with Crippen LogP contribution in [0.1, 0.15) is 109 Å². The smallest absolute Gasteiger partial charge is 0.328 e. The summed E-state index contributed by atoms with van der Waals surface area (Å²) in [6, 6.07) is -0.871. The second kappa shape index (κ2) is 17.3. The highest BCUT2D eigenvalue weighted by atomic mass is 19.1. The molecule has 3 heterocycles. The number of nitrogens with one attached hydrogen (secondary N) is 1. The Bertz CT molecular complexity index is 1140. The number of unbranched alkanes of at least 4 members (excludes halogenated alkanes) is 10. The highest BCUT2D eigenvalue weighted by Crippen LogP contribution is 2.37. The van der Waals surface area contributed by atoms with Gasteiger partial charge in [-0.15, -0.1) is 6.42 Å². The predicted molar refractivity (Wildman–Crippen MR) is 163 cm³/mol. The highest BCUT2D eigenvalue weighted by Gasteiger charge is 2.50. The number of hydrogen-bond donors (Lipinski definition) is 3. The van der Waals surface area contributed by atoms with E-state index in [0.29, 0.717) is 30.6 Å². The molecule has 238 valence electrons. The molecule has 0 saturated carbocycles. The SMILES string of the molecule is C#C[C@]1(COC(=O)[C@H](C)NC(=O)CCCCCCCCCCCCC)O[C@@H](C2C=Nc3c(N)nc(F)nc3CC2)C[C@@H]1O. The molecule has 0 spiro atoms. The number of hydrogen-bond acceptors (Lipinski definition) is 9. The molecule has 1 saturated heterocycles. The Morgan fingerprint density at radius 3 is 2.49 bits per heavy atom. The Hall–Kier alpha value is -3.10. The number of carbonyl (C=O) groups is 2. The van der Waals surface area contributed by atoms with E-state index in [1.165, 1.54) is 51.4 Å². The highest BCUT2D eigenvalue weighted by molar-refractivity contribution is 5.84. The second-order valence-electron chi connectivity index (χ2n) is 11.8. The van der Waals surface area contributed by atoms with Gasteiger partial charge in [-0.05, 0) is 26.2 Å². The first-order valence-corrected chi connectivity index (χ1v) is 15.8. The minimum Gasteiger partial charge on any atom is -0.460 e. The number of aromatic nitrogens is 2. The third-order valence-electron chi connectivity index (χ3n) is 8.31. The Morgan fingerprint density at radius 1 is 1.19 bits per heavy atom. The van der Waals surface area contributed by atoms with Gasteiger partial charge in [-0.25, -0.2) is 9.78 Å². The molecule has 1 aromatic rings. The zero-order chi connectivity index (χ0) is 31.2. The van der Waals surface area contributed by atoms with E-state index in [1.807, 2.05) is 0 Å². The zero-order valence-corrected chi connectivity index (χ0v) is 25.7. The number of amides is 1. The lowest BCUT2D eigenvalue weighted by Crippen LogP contribution is -2.46. The topological polar surface area (TPSA) is 149 Å². The summed E-state index contributed by atoms with van der Waals surface area (Å²) in [5, 5.41) is 13.5. The van der Waals surface area contributed by atoms with Gasteiger partial charge in [0.15, 0.2) is 11.4 Å². The lowest BCUT2D eigenvalue weighted by Gasteiger charge is -2.27. The maximum atomic E-state index is 13.6.